The van der Waals surface area contributed by atoms with E-state index in [9.17, 15) is 9.59 Å². The van der Waals surface area contributed by atoms with E-state index in [1.165, 1.54) is 6.08 Å². The minimum Gasteiger partial charge on any atom is -0.481 e. The number of carbonyl (C=O) groups excluding carboxylic acids is 1. The number of carbonyl (C=O) groups is 2. The predicted octanol–water partition coefficient (Wildman–Crippen LogP) is 2.61. The number of carboxylic acid groups (broad SMARTS) is 1. The van der Waals surface area contributed by atoms with Crippen molar-refractivity contribution in [3.05, 3.63) is 42.5 Å². The Kier molecular flexibility index (Phi) is 3.85. The number of benzene rings is 1. The van der Waals surface area contributed by atoms with Gasteiger partial charge in [-0.25, -0.2) is 4.79 Å². The van der Waals surface area contributed by atoms with Gasteiger partial charge in [0.15, 0.2) is 0 Å². The highest BCUT2D eigenvalue weighted by molar-refractivity contribution is 5.84. The largest absolute Gasteiger partial charge is 0.481 e. The van der Waals surface area contributed by atoms with E-state index in [0.29, 0.717) is 12.1 Å². The van der Waals surface area contributed by atoms with Crippen molar-refractivity contribution < 1.29 is 19.4 Å². The first kappa shape index (κ1) is 13.1. The van der Waals surface area contributed by atoms with Gasteiger partial charge in [0.05, 0.1) is 5.92 Å². The minimum absolute atomic E-state index is 0.0965. The van der Waals surface area contributed by atoms with E-state index in [1.54, 1.807) is 12.1 Å². The number of amides is 1. The van der Waals surface area contributed by atoms with E-state index in [2.05, 4.69) is 11.9 Å². The maximum absolute atomic E-state index is 11.3. The third-order valence-electron chi connectivity index (χ3n) is 3.03. The molecule has 0 saturated heterocycles. The summed E-state index contributed by atoms with van der Waals surface area (Å²) < 4.78 is 4.79. The molecule has 0 unspecified atom stereocenters. The molecule has 0 aliphatic heterocycles. The summed E-state index contributed by atoms with van der Waals surface area (Å²) in [6.45, 7) is 3.60. The SMILES string of the molecule is C=CCOC(=O)Nc1ccc([C@H]2C[C@@H]2C(=O)O)cc1. The van der Waals surface area contributed by atoms with Crippen LogP contribution in [0.1, 0.15) is 17.9 Å². The van der Waals surface area contributed by atoms with Gasteiger partial charge in [0, 0.05) is 5.69 Å². The Bertz CT molecular complexity index is 495. The van der Waals surface area contributed by atoms with Crippen LogP contribution in [0.4, 0.5) is 10.5 Å². The van der Waals surface area contributed by atoms with Crippen molar-refractivity contribution in [1.82, 2.24) is 0 Å². The normalized spacial score (nSPS) is 20.4. The van der Waals surface area contributed by atoms with Gasteiger partial charge in [0.1, 0.15) is 6.61 Å². The molecule has 1 aromatic carbocycles. The van der Waals surface area contributed by atoms with Gasteiger partial charge >= 0.3 is 12.1 Å². The third-order valence-corrected chi connectivity index (χ3v) is 3.03. The fraction of sp³-hybridized carbons (Fsp3) is 0.286. The highest BCUT2D eigenvalue weighted by Crippen LogP contribution is 2.47. The zero-order chi connectivity index (χ0) is 13.8. The van der Waals surface area contributed by atoms with Crippen LogP contribution >= 0.6 is 0 Å². The lowest BCUT2D eigenvalue weighted by Gasteiger charge is -2.06. The molecule has 1 aromatic rings. The molecule has 1 fully saturated rings. The Labute approximate surface area is 110 Å². The summed E-state index contributed by atoms with van der Waals surface area (Å²) in [5.74, 6) is -0.921. The molecule has 100 valence electrons. The number of ether oxygens (including phenoxy) is 1. The van der Waals surface area contributed by atoms with Gasteiger partial charge < -0.3 is 9.84 Å². The van der Waals surface area contributed by atoms with Crippen LogP contribution in [0.15, 0.2) is 36.9 Å². The summed E-state index contributed by atoms with van der Waals surface area (Å²) in [6.07, 6.45) is 1.63. The second kappa shape index (κ2) is 5.56. The third kappa shape index (κ3) is 3.34. The predicted molar refractivity (Wildman–Crippen MR) is 70.1 cm³/mol. The Balaban J connectivity index is 1.90. The molecule has 1 amide bonds. The average molecular weight is 261 g/mol. The van der Waals surface area contributed by atoms with Crippen LogP contribution < -0.4 is 5.32 Å². The summed E-state index contributed by atoms with van der Waals surface area (Å²) in [5, 5.41) is 11.4. The quantitative estimate of drug-likeness (QED) is 0.799. The van der Waals surface area contributed by atoms with Crippen molar-refractivity contribution in [2.24, 2.45) is 5.92 Å². The number of hydrogen-bond donors (Lipinski definition) is 2. The maximum atomic E-state index is 11.3. The van der Waals surface area contributed by atoms with E-state index in [4.69, 9.17) is 9.84 Å². The smallest absolute Gasteiger partial charge is 0.411 e. The van der Waals surface area contributed by atoms with Crippen molar-refractivity contribution in [2.45, 2.75) is 12.3 Å². The van der Waals surface area contributed by atoms with Crippen LogP contribution in [0.2, 0.25) is 0 Å². The Morgan fingerprint density at radius 1 is 1.42 bits per heavy atom. The Morgan fingerprint density at radius 2 is 2.11 bits per heavy atom. The molecule has 0 bridgehead atoms. The number of hydrogen-bond acceptors (Lipinski definition) is 3. The molecule has 5 nitrogen and oxygen atoms in total. The molecule has 0 aromatic heterocycles. The van der Waals surface area contributed by atoms with Crippen LogP contribution in [0.25, 0.3) is 0 Å². The standard InChI is InChI=1S/C14H15NO4/c1-2-7-19-14(18)15-10-5-3-9(4-6-10)11-8-12(11)13(16)17/h2-6,11-12H,1,7-8H2,(H,15,18)(H,16,17)/t11-,12+/m1/s1. The molecular weight excluding hydrogens is 246 g/mol. The summed E-state index contributed by atoms with van der Waals surface area (Å²) in [6, 6.07) is 7.14. The number of carboxylic acids is 1. The number of nitrogens with one attached hydrogen (secondary N) is 1. The topological polar surface area (TPSA) is 75.6 Å². The van der Waals surface area contributed by atoms with Crippen LogP contribution in [-0.2, 0) is 9.53 Å². The number of rotatable bonds is 5. The van der Waals surface area contributed by atoms with E-state index in [1.807, 2.05) is 12.1 Å². The average Bonchev–Trinajstić information content (AvgIpc) is 3.17. The lowest BCUT2D eigenvalue weighted by atomic mass is 10.1. The van der Waals surface area contributed by atoms with Crippen LogP contribution in [-0.4, -0.2) is 23.8 Å². The molecule has 2 rings (SSSR count). The molecule has 1 aliphatic rings. The van der Waals surface area contributed by atoms with Gasteiger partial charge in [0.25, 0.3) is 0 Å². The van der Waals surface area contributed by atoms with Crippen molar-refractivity contribution in [3.63, 3.8) is 0 Å². The van der Waals surface area contributed by atoms with Gasteiger partial charge in [-0.05, 0) is 30.0 Å². The molecule has 1 saturated carbocycles. The zero-order valence-corrected chi connectivity index (χ0v) is 10.3. The molecular formula is C14H15NO4. The maximum Gasteiger partial charge on any atom is 0.411 e. The number of anilines is 1. The minimum atomic E-state index is -0.750. The first-order valence-electron chi connectivity index (χ1n) is 5.99. The molecule has 19 heavy (non-hydrogen) atoms. The Morgan fingerprint density at radius 3 is 2.63 bits per heavy atom. The molecule has 2 atom stereocenters. The van der Waals surface area contributed by atoms with Gasteiger partial charge in [0.2, 0.25) is 0 Å². The van der Waals surface area contributed by atoms with Crippen molar-refractivity contribution >= 4 is 17.7 Å². The first-order chi connectivity index (χ1) is 9.11. The van der Waals surface area contributed by atoms with E-state index in [-0.39, 0.29) is 18.4 Å². The van der Waals surface area contributed by atoms with Gasteiger partial charge in [-0.3, -0.25) is 10.1 Å². The summed E-state index contributed by atoms with van der Waals surface area (Å²) in [5.41, 5.74) is 1.60. The van der Waals surface area contributed by atoms with Crippen LogP contribution in [0.3, 0.4) is 0 Å². The molecule has 0 radical (unpaired) electrons. The number of aliphatic carboxylic acids is 1. The van der Waals surface area contributed by atoms with Crippen molar-refractivity contribution in [1.29, 1.82) is 0 Å². The Hall–Kier alpha value is -2.30. The monoisotopic (exact) mass is 261 g/mol. The lowest BCUT2D eigenvalue weighted by molar-refractivity contribution is -0.138. The van der Waals surface area contributed by atoms with Gasteiger partial charge in [-0.1, -0.05) is 24.8 Å². The molecule has 5 heteroatoms. The summed E-state index contributed by atoms with van der Waals surface area (Å²) >= 11 is 0. The van der Waals surface area contributed by atoms with E-state index < -0.39 is 12.1 Å². The molecule has 1 aliphatic carbocycles. The van der Waals surface area contributed by atoms with Gasteiger partial charge in [-0.2, -0.15) is 0 Å². The zero-order valence-electron chi connectivity index (χ0n) is 10.3. The highest BCUT2D eigenvalue weighted by Gasteiger charge is 2.43. The van der Waals surface area contributed by atoms with Gasteiger partial charge in [-0.15, -0.1) is 0 Å². The fourth-order valence-electron chi connectivity index (χ4n) is 1.94. The summed E-state index contributed by atoms with van der Waals surface area (Å²) in [4.78, 5) is 22.1. The van der Waals surface area contributed by atoms with Crippen LogP contribution in [0.5, 0.6) is 0 Å². The molecule has 0 heterocycles. The second-order valence-corrected chi connectivity index (χ2v) is 4.42. The first-order valence-corrected chi connectivity index (χ1v) is 5.99. The molecule has 0 spiro atoms. The van der Waals surface area contributed by atoms with E-state index in [0.717, 1.165) is 5.56 Å². The van der Waals surface area contributed by atoms with E-state index >= 15 is 0 Å². The lowest BCUT2D eigenvalue weighted by Crippen LogP contribution is -2.13. The van der Waals surface area contributed by atoms with Crippen LogP contribution in [0, 0.1) is 5.92 Å². The summed E-state index contributed by atoms with van der Waals surface area (Å²) in [7, 11) is 0. The molecule has 2 N–H and O–H groups in total. The fourth-order valence-corrected chi connectivity index (χ4v) is 1.94. The highest BCUT2D eigenvalue weighted by atomic mass is 16.5. The van der Waals surface area contributed by atoms with Crippen molar-refractivity contribution in [3.8, 4) is 0 Å². The van der Waals surface area contributed by atoms with Crippen molar-refractivity contribution in [2.75, 3.05) is 11.9 Å². The second-order valence-electron chi connectivity index (χ2n) is 4.42.